The van der Waals surface area contributed by atoms with Crippen LogP contribution in [0.25, 0.3) is 0 Å². The van der Waals surface area contributed by atoms with Gasteiger partial charge in [0.15, 0.2) is 23.0 Å². The Kier molecular flexibility index (Phi) is 7.01. The van der Waals surface area contributed by atoms with Gasteiger partial charge in [0.1, 0.15) is 12.2 Å². The maximum absolute atomic E-state index is 10.8. The number of aliphatic hydroxyl groups excluding tert-OH is 1. The molecular weight excluding hydrogens is 352 g/mol. The minimum atomic E-state index is -0.965. The van der Waals surface area contributed by atoms with Gasteiger partial charge >= 0.3 is 0 Å². The zero-order valence-corrected chi connectivity index (χ0v) is 16.4. The van der Waals surface area contributed by atoms with Crippen molar-refractivity contribution in [3.05, 3.63) is 35.9 Å². The molecule has 2 aromatic carbocycles. The van der Waals surface area contributed by atoms with Gasteiger partial charge in [0.05, 0.1) is 35.5 Å². The molecule has 0 saturated heterocycles. The van der Waals surface area contributed by atoms with E-state index in [-0.39, 0.29) is 0 Å². The number of methoxy groups -OCH3 is 5. The van der Waals surface area contributed by atoms with Crippen LogP contribution in [0.15, 0.2) is 30.3 Å². The average molecular weight is 378 g/mol. The zero-order valence-electron chi connectivity index (χ0n) is 16.4. The highest BCUT2D eigenvalue weighted by Crippen LogP contribution is 2.42. The van der Waals surface area contributed by atoms with E-state index in [1.54, 1.807) is 51.5 Å². The average Bonchev–Trinajstić information content (AvgIpc) is 2.71. The van der Waals surface area contributed by atoms with Gasteiger partial charge in [-0.2, -0.15) is 0 Å². The monoisotopic (exact) mass is 378 g/mol. The van der Waals surface area contributed by atoms with E-state index in [4.69, 9.17) is 28.4 Å². The Labute approximate surface area is 159 Å². The molecule has 0 radical (unpaired) electrons. The summed E-state index contributed by atoms with van der Waals surface area (Å²) in [7, 11) is 7.65. The van der Waals surface area contributed by atoms with E-state index in [2.05, 4.69) is 0 Å². The van der Waals surface area contributed by atoms with Gasteiger partial charge in [0.2, 0.25) is 11.5 Å². The third-order valence-electron chi connectivity index (χ3n) is 4.16. The molecule has 0 aliphatic rings. The molecular formula is C20H26O7. The number of hydrogen-bond acceptors (Lipinski definition) is 7. The number of para-hydroxylation sites is 1. The van der Waals surface area contributed by atoms with Gasteiger partial charge in [-0.1, -0.05) is 6.07 Å². The summed E-state index contributed by atoms with van der Waals surface area (Å²) in [4.78, 5) is 0. The molecule has 2 aromatic rings. The van der Waals surface area contributed by atoms with E-state index >= 15 is 0 Å². The molecule has 0 aromatic heterocycles. The van der Waals surface area contributed by atoms with Crippen LogP contribution in [-0.4, -0.2) is 46.8 Å². The lowest BCUT2D eigenvalue weighted by molar-refractivity contribution is 0.0431. The van der Waals surface area contributed by atoms with E-state index in [1.807, 2.05) is 0 Å². The van der Waals surface area contributed by atoms with Crippen LogP contribution >= 0.6 is 0 Å². The number of aliphatic hydroxyl groups is 1. The van der Waals surface area contributed by atoms with Crippen molar-refractivity contribution >= 4 is 0 Å². The second-order valence-electron chi connectivity index (χ2n) is 5.72. The predicted molar refractivity (Wildman–Crippen MR) is 101 cm³/mol. The van der Waals surface area contributed by atoms with E-state index in [9.17, 15) is 5.11 Å². The molecule has 0 amide bonds. The highest BCUT2D eigenvalue weighted by molar-refractivity contribution is 5.55. The third-order valence-corrected chi connectivity index (χ3v) is 4.16. The van der Waals surface area contributed by atoms with Gasteiger partial charge in [0, 0.05) is 0 Å². The normalized spacial score (nSPS) is 12.7. The first kappa shape index (κ1) is 20.5. The molecule has 7 nitrogen and oxygen atoms in total. The molecule has 7 heteroatoms. The van der Waals surface area contributed by atoms with E-state index in [1.165, 1.54) is 21.3 Å². The highest BCUT2D eigenvalue weighted by Gasteiger charge is 2.25. The lowest BCUT2D eigenvalue weighted by Crippen LogP contribution is -2.22. The molecule has 0 saturated carbocycles. The van der Waals surface area contributed by atoms with E-state index in [0.29, 0.717) is 40.1 Å². The Balaban J connectivity index is 2.34. The Morgan fingerprint density at radius 3 is 1.59 bits per heavy atom. The molecule has 2 atom stereocenters. The van der Waals surface area contributed by atoms with Gasteiger partial charge in [-0.3, -0.25) is 0 Å². The van der Waals surface area contributed by atoms with Crippen LogP contribution in [-0.2, 0) is 0 Å². The summed E-state index contributed by atoms with van der Waals surface area (Å²) in [6.45, 7) is 1.75. The van der Waals surface area contributed by atoms with Crippen LogP contribution < -0.4 is 28.4 Å². The molecule has 0 unspecified atom stereocenters. The molecule has 0 aliphatic heterocycles. The quantitative estimate of drug-likeness (QED) is 0.718. The van der Waals surface area contributed by atoms with E-state index < -0.39 is 12.2 Å². The van der Waals surface area contributed by atoms with Crippen LogP contribution in [0.2, 0.25) is 0 Å². The predicted octanol–water partition coefficient (Wildman–Crippen LogP) is 3.23. The lowest BCUT2D eigenvalue weighted by Gasteiger charge is -2.24. The summed E-state index contributed by atoms with van der Waals surface area (Å²) in [5, 5.41) is 10.8. The van der Waals surface area contributed by atoms with Crippen molar-refractivity contribution in [3.63, 3.8) is 0 Å². The largest absolute Gasteiger partial charge is 0.493 e. The second-order valence-corrected chi connectivity index (χ2v) is 5.72. The molecule has 0 bridgehead atoms. The van der Waals surface area contributed by atoms with Gasteiger partial charge in [0.25, 0.3) is 0 Å². The Hall–Kier alpha value is -2.80. The number of benzene rings is 2. The van der Waals surface area contributed by atoms with Gasteiger partial charge in [-0.05, 0) is 36.8 Å². The molecule has 0 aliphatic carbocycles. The molecule has 0 spiro atoms. The van der Waals surface area contributed by atoms with Crippen LogP contribution in [0.3, 0.4) is 0 Å². The number of hydrogen-bond donors (Lipinski definition) is 1. The van der Waals surface area contributed by atoms with Gasteiger partial charge in [-0.25, -0.2) is 0 Å². The minimum absolute atomic E-state index is 0.418. The van der Waals surface area contributed by atoms with Crippen LogP contribution in [0.5, 0.6) is 34.5 Å². The van der Waals surface area contributed by atoms with E-state index in [0.717, 1.165) is 0 Å². The fourth-order valence-corrected chi connectivity index (χ4v) is 2.73. The first-order valence-electron chi connectivity index (χ1n) is 8.36. The Morgan fingerprint density at radius 1 is 0.704 bits per heavy atom. The zero-order chi connectivity index (χ0) is 20.0. The maximum atomic E-state index is 10.8. The summed E-state index contributed by atoms with van der Waals surface area (Å²) < 4.78 is 32.6. The highest BCUT2D eigenvalue weighted by atomic mass is 16.6. The number of rotatable bonds is 9. The van der Waals surface area contributed by atoms with Crippen molar-refractivity contribution in [1.82, 2.24) is 0 Å². The topological polar surface area (TPSA) is 75.6 Å². The van der Waals surface area contributed by atoms with Crippen molar-refractivity contribution < 1.29 is 33.5 Å². The molecule has 0 heterocycles. The molecule has 2 rings (SSSR count). The smallest absolute Gasteiger partial charge is 0.203 e. The first-order chi connectivity index (χ1) is 13.0. The maximum Gasteiger partial charge on any atom is 0.203 e. The van der Waals surface area contributed by atoms with Gasteiger partial charge < -0.3 is 33.5 Å². The molecule has 1 N–H and O–H groups in total. The van der Waals surface area contributed by atoms with Crippen LogP contribution in [0, 0.1) is 0 Å². The summed E-state index contributed by atoms with van der Waals surface area (Å²) in [5.74, 6) is 2.80. The first-order valence-corrected chi connectivity index (χ1v) is 8.36. The Morgan fingerprint density at radius 2 is 1.19 bits per heavy atom. The standard InChI is InChI=1S/C20H26O7/c1-12(27-20-14(22-2)8-7-9-15(20)23-3)18(21)13-10-16(24-4)19(26-6)17(11-13)25-5/h7-12,18,21H,1-6H3/t12-,18+/m0/s1. The van der Waals surface area contributed by atoms with Crippen molar-refractivity contribution in [2.45, 2.75) is 19.1 Å². The summed E-state index contributed by atoms with van der Waals surface area (Å²) in [6.07, 6.45) is -1.58. The number of ether oxygens (including phenoxy) is 6. The minimum Gasteiger partial charge on any atom is -0.493 e. The lowest BCUT2D eigenvalue weighted by atomic mass is 10.0. The fraction of sp³-hybridized carbons (Fsp3) is 0.400. The van der Waals surface area contributed by atoms with Crippen molar-refractivity contribution in [3.8, 4) is 34.5 Å². The molecule has 148 valence electrons. The summed E-state index contributed by atoms with van der Waals surface area (Å²) in [6, 6.07) is 8.69. The van der Waals surface area contributed by atoms with Crippen molar-refractivity contribution in [2.75, 3.05) is 35.5 Å². The molecule has 0 fully saturated rings. The van der Waals surface area contributed by atoms with Crippen molar-refractivity contribution in [1.29, 1.82) is 0 Å². The summed E-state index contributed by atoms with van der Waals surface area (Å²) in [5.41, 5.74) is 0.561. The van der Waals surface area contributed by atoms with Gasteiger partial charge in [-0.15, -0.1) is 0 Å². The summed E-state index contributed by atoms with van der Waals surface area (Å²) >= 11 is 0. The third kappa shape index (κ3) is 4.31. The molecule has 27 heavy (non-hydrogen) atoms. The second kappa shape index (κ2) is 9.23. The Bertz CT molecular complexity index is 713. The van der Waals surface area contributed by atoms with Crippen LogP contribution in [0.1, 0.15) is 18.6 Å². The fourth-order valence-electron chi connectivity index (χ4n) is 2.73. The SMILES string of the molecule is COc1cc([C@H](O)[C@H](C)Oc2c(OC)cccc2OC)cc(OC)c1OC. The van der Waals surface area contributed by atoms with Crippen molar-refractivity contribution in [2.24, 2.45) is 0 Å². The van der Waals surface area contributed by atoms with Crippen LogP contribution in [0.4, 0.5) is 0 Å².